The zero-order valence-electron chi connectivity index (χ0n) is 11.8. The lowest BCUT2D eigenvalue weighted by Crippen LogP contribution is -2.40. The van der Waals surface area contributed by atoms with Gasteiger partial charge in [-0.2, -0.15) is 0 Å². The molecule has 5 nitrogen and oxygen atoms in total. The van der Waals surface area contributed by atoms with E-state index in [0.29, 0.717) is 24.4 Å². The SMILES string of the molecule is CC(=O)c1cccc(OC(C)C(=O)N2CC[C@@H](N)C2)c1. The van der Waals surface area contributed by atoms with Crippen LogP contribution >= 0.6 is 0 Å². The highest BCUT2D eigenvalue weighted by atomic mass is 16.5. The van der Waals surface area contributed by atoms with E-state index in [1.807, 2.05) is 0 Å². The molecular weight excluding hydrogens is 256 g/mol. The molecule has 0 saturated carbocycles. The Morgan fingerprint density at radius 3 is 2.80 bits per heavy atom. The minimum absolute atomic E-state index is 0.0278. The standard InChI is InChI=1S/C15H20N2O3/c1-10(18)12-4-3-5-14(8-12)20-11(2)15(19)17-7-6-13(16)9-17/h3-5,8,11,13H,6-7,9,16H2,1-2H3/t11?,13-/m1/s1. The molecule has 2 N–H and O–H groups in total. The Labute approximate surface area is 118 Å². The summed E-state index contributed by atoms with van der Waals surface area (Å²) in [5.74, 6) is 0.438. The van der Waals surface area contributed by atoms with Gasteiger partial charge in [-0.1, -0.05) is 12.1 Å². The molecule has 1 unspecified atom stereocenters. The Hall–Kier alpha value is -1.88. The van der Waals surface area contributed by atoms with E-state index in [-0.39, 0.29) is 17.7 Å². The summed E-state index contributed by atoms with van der Waals surface area (Å²) in [6, 6.07) is 6.93. The van der Waals surface area contributed by atoms with E-state index in [2.05, 4.69) is 0 Å². The van der Waals surface area contributed by atoms with Crippen LogP contribution < -0.4 is 10.5 Å². The van der Waals surface area contributed by atoms with Crippen LogP contribution in [0.15, 0.2) is 24.3 Å². The van der Waals surface area contributed by atoms with Crippen molar-refractivity contribution in [2.45, 2.75) is 32.4 Å². The fourth-order valence-corrected chi connectivity index (χ4v) is 2.29. The summed E-state index contributed by atoms with van der Waals surface area (Å²) in [5.41, 5.74) is 6.37. The summed E-state index contributed by atoms with van der Waals surface area (Å²) in [5, 5.41) is 0. The molecule has 1 aromatic carbocycles. The third-order valence-electron chi connectivity index (χ3n) is 3.44. The fraction of sp³-hybridized carbons (Fsp3) is 0.467. The van der Waals surface area contributed by atoms with Gasteiger partial charge in [-0.05, 0) is 32.4 Å². The number of hydrogen-bond acceptors (Lipinski definition) is 4. The van der Waals surface area contributed by atoms with Gasteiger partial charge in [-0.15, -0.1) is 0 Å². The van der Waals surface area contributed by atoms with Crippen LogP contribution in [0.1, 0.15) is 30.6 Å². The van der Waals surface area contributed by atoms with Crippen molar-refractivity contribution in [3.05, 3.63) is 29.8 Å². The maximum Gasteiger partial charge on any atom is 0.263 e. The number of amides is 1. The molecule has 0 aromatic heterocycles. The van der Waals surface area contributed by atoms with E-state index in [1.165, 1.54) is 6.92 Å². The monoisotopic (exact) mass is 276 g/mol. The molecule has 2 rings (SSSR count). The Morgan fingerprint density at radius 1 is 1.45 bits per heavy atom. The average molecular weight is 276 g/mol. The van der Waals surface area contributed by atoms with Crippen molar-refractivity contribution in [2.75, 3.05) is 13.1 Å². The normalized spacial score (nSPS) is 19.8. The lowest BCUT2D eigenvalue weighted by atomic mass is 10.1. The van der Waals surface area contributed by atoms with Crippen LogP contribution in [-0.2, 0) is 4.79 Å². The first-order valence-electron chi connectivity index (χ1n) is 6.79. The van der Waals surface area contributed by atoms with Crippen molar-refractivity contribution < 1.29 is 14.3 Å². The van der Waals surface area contributed by atoms with Gasteiger partial charge in [0, 0.05) is 24.7 Å². The maximum atomic E-state index is 12.2. The maximum absolute atomic E-state index is 12.2. The number of carbonyl (C=O) groups excluding carboxylic acids is 2. The first-order valence-corrected chi connectivity index (χ1v) is 6.79. The van der Waals surface area contributed by atoms with Gasteiger partial charge < -0.3 is 15.4 Å². The van der Waals surface area contributed by atoms with Crippen LogP contribution in [0.3, 0.4) is 0 Å². The van der Waals surface area contributed by atoms with Crippen LogP contribution in [0, 0.1) is 0 Å². The zero-order valence-corrected chi connectivity index (χ0v) is 11.8. The van der Waals surface area contributed by atoms with Crippen LogP contribution in [0.25, 0.3) is 0 Å². The Balaban J connectivity index is 2.00. The molecule has 5 heteroatoms. The van der Waals surface area contributed by atoms with Gasteiger partial charge in [0.1, 0.15) is 5.75 Å². The number of nitrogens with two attached hydrogens (primary N) is 1. The number of benzene rings is 1. The van der Waals surface area contributed by atoms with Crippen LogP contribution in [0.5, 0.6) is 5.75 Å². The molecule has 1 aromatic rings. The van der Waals surface area contributed by atoms with Gasteiger partial charge in [-0.25, -0.2) is 0 Å². The molecule has 2 atom stereocenters. The summed E-state index contributed by atoms with van der Waals surface area (Å²) in [4.78, 5) is 25.2. The molecule has 0 bridgehead atoms. The van der Waals surface area contributed by atoms with Gasteiger partial charge in [0.25, 0.3) is 5.91 Å². The van der Waals surface area contributed by atoms with E-state index in [0.717, 1.165) is 6.42 Å². The van der Waals surface area contributed by atoms with Gasteiger partial charge in [0.15, 0.2) is 11.9 Å². The number of ether oxygens (including phenoxy) is 1. The molecule has 0 radical (unpaired) electrons. The van der Waals surface area contributed by atoms with Gasteiger partial charge in [0.05, 0.1) is 0 Å². The van der Waals surface area contributed by atoms with Crippen LogP contribution in [-0.4, -0.2) is 41.8 Å². The summed E-state index contributed by atoms with van der Waals surface area (Å²) >= 11 is 0. The molecule has 1 saturated heterocycles. The summed E-state index contributed by atoms with van der Waals surface area (Å²) in [7, 11) is 0. The second-order valence-corrected chi connectivity index (χ2v) is 5.18. The molecule has 1 fully saturated rings. The average Bonchev–Trinajstić information content (AvgIpc) is 2.84. The zero-order chi connectivity index (χ0) is 14.7. The van der Waals surface area contributed by atoms with Gasteiger partial charge >= 0.3 is 0 Å². The molecule has 0 spiro atoms. The first kappa shape index (κ1) is 14.5. The van der Waals surface area contributed by atoms with Crippen molar-refractivity contribution in [1.29, 1.82) is 0 Å². The number of hydrogen-bond donors (Lipinski definition) is 1. The highest BCUT2D eigenvalue weighted by molar-refractivity contribution is 5.94. The van der Waals surface area contributed by atoms with Crippen molar-refractivity contribution in [3.63, 3.8) is 0 Å². The topological polar surface area (TPSA) is 72.6 Å². The molecular formula is C15H20N2O3. The number of rotatable bonds is 4. The quantitative estimate of drug-likeness (QED) is 0.839. The second kappa shape index (κ2) is 6.05. The third-order valence-corrected chi connectivity index (χ3v) is 3.44. The number of Topliss-reactive ketones (excluding diaryl/α,β-unsaturated/α-hetero) is 1. The lowest BCUT2D eigenvalue weighted by Gasteiger charge is -2.21. The highest BCUT2D eigenvalue weighted by Crippen LogP contribution is 2.17. The predicted octanol–water partition coefficient (Wildman–Crippen LogP) is 1.22. The summed E-state index contributed by atoms with van der Waals surface area (Å²) < 4.78 is 5.63. The Bertz CT molecular complexity index is 516. The number of nitrogens with zero attached hydrogens (tertiary/aromatic N) is 1. The van der Waals surface area contributed by atoms with Gasteiger partial charge in [0.2, 0.25) is 0 Å². The molecule has 1 aliphatic rings. The van der Waals surface area contributed by atoms with Crippen molar-refractivity contribution in [3.8, 4) is 5.75 Å². The summed E-state index contributed by atoms with van der Waals surface area (Å²) in [6.45, 7) is 4.48. The third kappa shape index (κ3) is 3.36. The van der Waals surface area contributed by atoms with Crippen LogP contribution in [0.2, 0.25) is 0 Å². The van der Waals surface area contributed by atoms with Crippen molar-refractivity contribution in [1.82, 2.24) is 4.90 Å². The molecule has 1 amide bonds. The minimum atomic E-state index is -0.581. The molecule has 108 valence electrons. The second-order valence-electron chi connectivity index (χ2n) is 5.18. The van der Waals surface area contributed by atoms with E-state index in [4.69, 9.17) is 10.5 Å². The summed E-state index contributed by atoms with van der Waals surface area (Å²) in [6.07, 6.45) is 0.251. The predicted molar refractivity (Wildman–Crippen MR) is 75.7 cm³/mol. The van der Waals surface area contributed by atoms with Crippen molar-refractivity contribution in [2.24, 2.45) is 5.73 Å². The largest absolute Gasteiger partial charge is 0.481 e. The van der Waals surface area contributed by atoms with E-state index < -0.39 is 6.10 Å². The number of ketones is 1. The molecule has 20 heavy (non-hydrogen) atoms. The van der Waals surface area contributed by atoms with Crippen LogP contribution in [0.4, 0.5) is 0 Å². The minimum Gasteiger partial charge on any atom is -0.481 e. The number of likely N-dealkylation sites (tertiary alicyclic amines) is 1. The van der Waals surface area contributed by atoms with Gasteiger partial charge in [-0.3, -0.25) is 9.59 Å². The van der Waals surface area contributed by atoms with Crippen molar-refractivity contribution >= 4 is 11.7 Å². The Kier molecular flexibility index (Phi) is 4.39. The molecule has 1 heterocycles. The van der Waals surface area contributed by atoms with E-state index in [1.54, 1.807) is 36.1 Å². The number of carbonyl (C=O) groups is 2. The lowest BCUT2D eigenvalue weighted by molar-refractivity contribution is -0.136. The van der Waals surface area contributed by atoms with E-state index >= 15 is 0 Å². The smallest absolute Gasteiger partial charge is 0.263 e. The first-order chi connectivity index (χ1) is 9.47. The Morgan fingerprint density at radius 2 is 2.20 bits per heavy atom. The highest BCUT2D eigenvalue weighted by Gasteiger charge is 2.28. The molecule has 1 aliphatic heterocycles. The van der Waals surface area contributed by atoms with E-state index in [9.17, 15) is 9.59 Å². The fourth-order valence-electron chi connectivity index (χ4n) is 2.29. The molecule has 0 aliphatic carbocycles.